The van der Waals surface area contributed by atoms with Gasteiger partial charge in [-0.15, -0.1) is 0 Å². The van der Waals surface area contributed by atoms with Crippen LogP contribution in [0.1, 0.15) is 11.6 Å². The lowest BCUT2D eigenvalue weighted by Gasteiger charge is -2.27. The summed E-state index contributed by atoms with van der Waals surface area (Å²) in [6.07, 6.45) is 1.06. The van der Waals surface area contributed by atoms with Gasteiger partial charge in [-0.05, 0) is 29.8 Å². The Morgan fingerprint density at radius 1 is 1.04 bits per heavy atom. The van der Waals surface area contributed by atoms with Gasteiger partial charge in [0, 0.05) is 11.9 Å². The Morgan fingerprint density at radius 3 is 2.16 bits per heavy atom. The van der Waals surface area contributed by atoms with Crippen LogP contribution in [0, 0.1) is 0 Å². The Hall–Kier alpha value is -2.80. The summed E-state index contributed by atoms with van der Waals surface area (Å²) in [5, 5.41) is 0. The number of hydrogen-bond donors (Lipinski definition) is 1. The van der Waals surface area contributed by atoms with Crippen LogP contribution < -0.4 is 15.4 Å². The fraction of sp³-hybridized carbons (Fsp3) is 0.167. The lowest BCUT2D eigenvalue weighted by atomic mass is 10.1. The van der Waals surface area contributed by atoms with Crippen molar-refractivity contribution in [3.63, 3.8) is 0 Å². The SMILES string of the molecule is COc1ccc(C2C(S(C)(=O)=O)=C(N)C(=O)N2c2ccccc2)cc1. The molecular weight excluding hydrogens is 340 g/mol. The highest BCUT2D eigenvalue weighted by atomic mass is 32.2. The maximum absolute atomic E-state index is 12.7. The zero-order valence-electron chi connectivity index (χ0n) is 13.8. The summed E-state index contributed by atoms with van der Waals surface area (Å²) in [6.45, 7) is 0. The predicted molar refractivity (Wildman–Crippen MR) is 95.7 cm³/mol. The van der Waals surface area contributed by atoms with Crippen LogP contribution >= 0.6 is 0 Å². The van der Waals surface area contributed by atoms with Gasteiger partial charge in [0.2, 0.25) is 0 Å². The molecular formula is C18H18N2O4S. The first-order chi connectivity index (χ1) is 11.8. The number of para-hydroxylation sites is 1. The molecule has 7 heteroatoms. The van der Waals surface area contributed by atoms with E-state index in [0.717, 1.165) is 6.26 Å². The molecule has 130 valence electrons. The largest absolute Gasteiger partial charge is 0.497 e. The number of sulfone groups is 1. The van der Waals surface area contributed by atoms with Crippen molar-refractivity contribution in [1.29, 1.82) is 0 Å². The first-order valence-electron chi connectivity index (χ1n) is 7.57. The first-order valence-corrected chi connectivity index (χ1v) is 9.46. The predicted octanol–water partition coefficient (Wildman–Crippen LogP) is 2.00. The Labute approximate surface area is 146 Å². The topological polar surface area (TPSA) is 89.7 Å². The average Bonchev–Trinajstić information content (AvgIpc) is 2.87. The lowest BCUT2D eigenvalue weighted by molar-refractivity contribution is -0.114. The lowest BCUT2D eigenvalue weighted by Crippen LogP contribution is -2.31. The summed E-state index contributed by atoms with van der Waals surface area (Å²) < 4.78 is 29.8. The Bertz CT molecular complexity index is 935. The van der Waals surface area contributed by atoms with Gasteiger partial charge in [-0.1, -0.05) is 30.3 Å². The van der Waals surface area contributed by atoms with Crippen LogP contribution in [-0.4, -0.2) is 27.7 Å². The number of nitrogens with zero attached hydrogens (tertiary/aromatic N) is 1. The van der Waals surface area contributed by atoms with Crippen molar-refractivity contribution in [2.45, 2.75) is 6.04 Å². The smallest absolute Gasteiger partial charge is 0.276 e. The summed E-state index contributed by atoms with van der Waals surface area (Å²) in [5.41, 5.74) is 6.88. The summed E-state index contributed by atoms with van der Waals surface area (Å²) >= 11 is 0. The van der Waals surface area contributed by atoms with E-state index in [0.29, 0.717) is 17.0 Å². The molecule has 2 aromatic carbocycles. The third kappa shape index (κ3) is 2.98. The van der Waals surface area contributed by atoms with E-state index in [9.17, 15) is 13.2 Å². The van der Waals surface area contributed by atoms with Gasteiger partial charge in [0.1, 0.15) is 22.4 Å². The number of hydrogen-bond acceptors (Lipinski definition) is 5. The molecule has 1 heterocycles. The van der Waals surface area contributed by atoms with Gasteiger partial charge in [-0.25, -0.2) is 8.42 Å². The third-order valence-electron chi connectivity index (χ3n) is 4.09. The second kappa shape index (κ2) is 6.25. The highest BCUT2D eigenvalue weighted by molar-refractivity contribution is 7.94. The van der Waals surface area contributed by atoms with E-state index in [-0.39, 0.29) is 10.6 Å². The van der Waals surface area contributed by atoms with Crippen molar-refractivity contribution in [1.82, 2.24) is 0 Å². The van der Waals surface area contributed by atoms with Gasteiger partial charge in [0.05, 0.1) is 7.11 Å². The number of amides is 1. The van der Waals surface area contributed by atoms with Gasteiger partial charge in [-0.2, -0.15) is 0 Å². The third-order valence-corrected chi connectivity index (χ3v) is 5.33. The number of carbonyl (C=O) groups excluding carboxylic acids is 1. The number of nitrogens with two attached hydrogens (primary N) is 1. The summed E-state index contributed by atoms with van der Waals surface area (Å²) in [5.74, 6) is 0.115. The average molecular weight is 358 g/mol. The molecule has 0 radical (unpaired) electrons. The van der Waals surface area contributed by atoms with Crippen LogP contribution in [0.25, 0.3) is 0 Å². The molecule has 25 heavy (non-hydrogen) atoms. The van der Waals surface area contributed by atoms with E-state index >= 15 is 0 Å². The molecule has 1 atom stereocenters. The summed E-state index contributed by atoms with van der Waals surface area (Å²) in [4.78, 5) is 14.1. The second-order valence-electron chi connectivity index (χ2n) is 5.74. The van der Waals surface area contributed by atoms with Gasteiger partial charge < -0.3 is 10.5 Å². The molecule has 2 aromatic rings. The Balaban J connectivity index is 2.20. The first kappa shape index (κ1) is 17.0. The van der Waals surface area contributed by atoms with E-state index in [1.807, 2.05) is 6.07 Å². The molecule has 3 rings (SSSR count). The van der Waals surface area contributed by atoms with Crippen molar-refractivity contribution in [3.05, 3.63) is 70.8 Å². The molecule has 1 aliphatic heterocycles. The molecule has 0 fully saturated rings. The van der Waals surface area contributed by atoms with Gasteiger partial charge >= 0.3 is 0 Å². The van der Waals surface area contributed by atoms with Crippen LogP contribution in [0.5, 0.6) is 5.75 Å². The van der Waals surface area contributed by atoms with Crippen LogP contribution in [0.2, 0.25) is 0 Å². The van der Waals surface area contributed by atoms with Crippen molar-refractivity contribution >= 4 is 21.4 Å². The van der Waals surface area contributed by atoms with Gasteiger partial charge in [0.15, 0.2) is 9.84 Å². The van der Waals surface area contributed by atoms with E-state index in [1.165, 1.54) is 4.90 Å². The van der Waals surface area contributed by atoms with Crippen LogP contribution in [0.3, 0.4) is 0 Å². The number of methoxy groups -OCH3 is 1. The fourth-order valence-corrected chi connectivity index (χ4v) is 4.09. The fourth-order valence-electron chi connectivity index (χ4n) is 2.96. The highest BCUT2D eigenvalue weighted by Gasteiger charge is 2.44. The molecule has 0 spiro atoms. The molecule has 1 unspecified atom stereocenters. The van der Waals surface area contributed by atoms with E-state index < -0.39 is 21.8 Å². The minimum Gasteiger partial charge on any atom is -0.497 e. The normalized spacial score (nSPS) is 17.9. The maximum atomic E-state index is 12.7. The van der Waals surface area contributed by atoms with Gasteiger partial charge in [0.25, 0.3) is 5.91 Å². The van der Waals surface area contributed by atoms with Gasteiger partial charge in [-0.3, -0.25) is 9.69 Å². The number of anilines is 1. The maximum Gasteiger partial charge on any atom is 0.276 e. The number of rotatable bonds is 4. The van der Waals surface area contributed by atoms with Crippen molar-refractivity contribution in [3.8, 4) is 5.75 Å². The van der Waals surface area contributed by atoms with Crippen molar-refractivity contribution in [2.75, 3.05) is 18.3 Å². The molecule has 0 saturated carbocycles. The molecule has 0 aliphatic carbocycles. The molecule has 0 saturated heterocycles. The quantitative estimate of drug-likeness (QED) is 0.903. The Morgan fingerprint density at radius 2 is 1.64 bits per heavy atom. The molecule has 0 bridgehead atoms. The zero-order chi connectivity index (χ0) is 18.2. The molecule has 0 aromatic heterocycles. The summed E-state index contributed by atoms with van der Waals surface area (Å²) in [7, 11) is -2.13. The molecule has 1 amide bonds. The van der Waals surface area contributed by atoms with Crippen LogP contribution in [-0.2, 0) is 14.6 Å². The molecule has 6 nitrogen and oxygen atoms in total. The zero-order valence-corrected chi connectivity index (χ0v) is 14.7. The van der Waals surface area contributed by atoms with Crippen molar-refractivity contribution < 1.29 is 17.9 Å². The van der Waals surface area contributed by atoms with Crippen LogP contribution in [0.4, 0.5) is 5.69 Å². The van der Waals surface area contributed by atoms with E-state index in [2.05, 4.69) is 0 Å². The van der Waals surface area contributed by atoms with E-state index in [1.54, 1.807) is 55.6 Å². The van der Waals surface area contributed by atoms with Crippen LogP contribution in [0.15, 0.2) is 65.2 Å². The number of benzene rings is 2. The van der Waals surface area contributed by atoms with E-state index in [4.69, 9.17) is 10.5 Å². The minimum atomic E-state index is -3.68. The standard InChI is InChI=1S/C18H18N2O4S/c1-24-14-10-8-12(9-11-14)16-17(25(2,22)23)15(19)18(21)20(16)13-6-4-3-5-7-13/h3-11,16H,19H2,1-2H3. The highest BCUT2D eigenvalue weighted by Crippen LogP contribution is 2.42. The Kier molecular flexibility index (Phi) is 4.26. The molecule has 1 aliphatic rings. The number of ether oxygens (including phenoxy) is 1. The summed E-state index contributed by atoms with van der Waals surface area (Å²) in [6, 6.07) is 15.0. The molecule has 2 N–H and O–H groups in total. The minimum absolute atomic E-state index is 0.0773. The number of carbonyl (C=O) groups is 1. The second-order valence-corrected chi connectivity index (χ2v) is 7.72. The monoisotopic (exact) mass is 358 g/mol. The van der Waals surface area contributed by atoms with Crippen molar-refractivity contribution in [2.24, 2.45) is 5.73 Å².